The fraction of sp³-hybridized carbons (Fsp3) is 0.242. The average Bonchev–Trinajstić information content (AvgIpc) is 3.50. The number of carbonyl (C=O) groups excluding carboxylic acids is 1. The van der Waals surface area contributed by atoms with E-state index >= 15 is 0 Å². The second kappa shape index (κ2) is 15.4. The third kappa shape index (κ3) is 10.5. The second-order valence-corrected chi connectivity index (χ2v) is 17.1. The molecular formula is C33H33ClFN4O10PS. The number of anilines is 2. The molecule has 1 amide bonds. The van der Waals surface area contributed by atoms with Crippen molar-refractivity contribution in [3.63, 3.8) is 0 Å². The Balaban J connectivity index is 1.34. The van der Waals surface area contributed by atoms with E-state index in [-0.39, 0.29) is 18.2 Å². The number of furan rings is 1. The van der Waals surface area contributed by atoms with Gasteiger partial charge in [0, 0.05) is 36.2 Å². The van der Waals surface area contributed by atoms with Crippen LogP contribution in [0.15, 0.2) is 83.5 Å². The SMILES string of the molecule is CP(C)(=O)OCOC(=O)N(Cc1ccc(-c2ccc3ncnc(Nc4ccc(OCc5cccc(F)c5)c(Cl)c4)c3c2)o1)C(O)(O)CS(C)(=O)=O. The molecule has 0 unspecified atom stereocenters. The molecule has 51 heavy (non-hydrogen) atoms. The van der Waals surface area contributed by atoms with Crippen molar-refractivity contribution in [1.29, 1.82) is 0 Å². The lowest BCUT2D eigenvalue weighted by Gasteiger charge is -2.33. The van der Waals surface area contributed by atoms with Gasteiger partial charge in [0.2, 0.25) is 6.79 Å². The number of hydrogen-bond acceptors (Lipinski definition) is 13. The van der Waals surface area contributed by atoms with Crippen LogP contribution in [0, 0.1) is 5.82 Å². The first-order valence-corrected chi connectivity index (χ1v) is 20.0. The van der Waals surface area contributed by atoms with Gasteiger partial charge in [0.15, 0.2) is 17.2 Å². The Hall–Kier alpha value is -4.57. The van der Waals surface area contributed by atoms with Gasteiger partial charge in [-0.05, 0) is 66.2 Å². The first-order chi connectivity index (χ1) is 24.0. The minimum absolute atomic E-state index is 0.0394. The summed E-state index contributed by atoms with van der Waals surface area (Å²) in [5.41, 5.74) is 2.39. The minimum atomic E-state index is -4.00. The van der Waals surface area contributed by atoms with Crippen LogP contribution in [0.5, 0.6) is 5.75 Å². The molecule has 18 heteroatoms. The Morgan fingerprint density at radius 3 is 2.57 bits per heavy atom. The maximum Gasteiger partial charge on any atom is 0.416 e. The third-order valence-electron chi connectivity index (χ3n) is 7.03. The zero-order valence-corrected chi connectivity index (χ0v) is 29.9. The fourth-order valence-corrected chi connectivity index (χ4v) is 6.15. The molecule has 5 aromatic rings. The van der Waals surface area contributed by atoms with Crippen LogP contribution < -0.4 is 10.1 Å². The van der Waals surface area contributed by atoms with Crippen LogP contribution in [0.1, 0.15) is 11.3 Å². The molecule has 0 fully saturated rings. The number of sulfone groups is 1. The summed E-state index contributed by atoms with van der Waals surface area (Å²) in [5.74, 6) is -3.62. The third-order valence-corrected chi connectivity index (χ3v) is 8.96. The molecule has 0 saturated carbocycles. The number of nitrogens with zero attached hydrogens (tertiary/aromatic N) is 3. The first kappa shape index (κ1) is 37.7. The number of hydrogen-bond donors (Lipinski definition) is 3. The predicted molar refractivity (Wildman–Crippen MR) is 187 cm³/mol. The summed E-state index contributed by atoms with van der Waals surface area (Å²) in [6.45, 7) is 1.29. The second-order valence-electron chi connectivity index (χ2n) is 11.7. The van der Waals surface area contributed by atoms with Crippen molar-refractivity contribution in [1.82, 2.24) is 14.9 Å². The van der Waals surface area contributed by atoms with Crippen molar-refractivity contribution in [2.45, 2.75) is 19.1 Å². The highest BCUT2D eigenvalue weighted by atomic mass is 35.5. The van der Waals surface area contributed by atoms with Crippen LogP contribution in [0.4, 0.5) is 20.7 Å². The van der Waals surface area contributed by atoms with Crippen molar-refractivity contribution < 1.29 is 50.8 Å². The Labute approximate surface area is 297 Å². The van der Waals surface area contributed by atoms with Crippen LogP contribution in [0.3, 0.4) is 0 Å². The van der Waals surface area contributed by atoms with Gasteiger partial charge >= 0.3 is 6.09 Å². The molecule has 0 aliphatic carbocycles. The van der Waals surface area contributed by atoms with E-state index < -0.39 is 48.3 Å². The molecule has 0 bridgehead atoms. The van der Waals surface area contributed by atoms with E-state index in [1.54, 1.807) is 54.6 Å². The summed E-state index contributed by atoms with van der Waals surface area (Å²) in [7, 11) is -7.05. The van der Waals surface area contributed by atoms with E-state index in [0.29, 0.717) is 55.0 Å². The maximum absolute atomic E-state index is 13.5. The van der Waals surface area contributed by atoms with Gasteiger partial charge in [0.05, 0.1) is 17.1 Å². The van der Waals surface area contributed by atoms with E-state index in [1.165, 1.54) is 37.9 Å². The molecule has 3 aromatic carbocycles. The molecule has 2 aromatic heterocycles. The van der Waals surface area contributed by atoms with Crippen LogP contribution in [0.25, 0.3) is 22.2 Å². The molecule has 14 nitrogen and oxygen atoms in total. The van der Waals surface area contributed by atoms with Crippen LogP contribution in [-0.2, 0) is 36.8 Å². The van der Waals surface area contributed by atoms with Crippen molar-refractivity contribution in [3.8, 4) is 17.1 Å². The molecule has 0 radical (unpaired) electrons. The monoisotopic (exact) mass is 762 g/mol. The standard InChI is InChI=1S/C33H33ClFN4O10PS/c1-50(2,43)48-20-47-32(40)39(33(41,42)18-51(3,44)45)16-25-9-12-29(49-25)22-7-10-28-26(14-22)31(37-19-36-28)38-24-8-11-30(27(34)15-24)46-17-21-5-4-6-23(35)13-21/h4-15,19,41-42H,16-18,20H2,1-3H3,(H,36,37,38). The number of carbonyl (C=O) groups is 1. The number of amides is 1. The van der Waals surface area contributed by atoms with Gasteiger partial charge in [-0.2, -0.15) is 0 Å². The zero-order valence-electron chi connectivity index (χ0n) is 27.4. The van der Waals surface area contributed by atoms with Crippen molar-refractivity contribution in [2.24, 2.45) is 0 Å². The van der Waals surface area contributed by atoms with Crippen molar-refractivity contribution >= 4 is 57.3 Å². The van der Waals surface area contributed by atoms with E-state index in [0.717, 1.165) is 6.26 Å². The van der Waals surface area contributed by atoms with Crippen LogP contribution >= 0.6 is 19.0 Å². The number of aromatic nitrogens is 2. The molecule has 270 valence electrons. The summed E-state index contributed by atoms with van der Waals surface area (Å²) in [4.78, 5) is 21.9. The fourth-order valence-electron chi connectivity index (χ4n) is 4.75. The van der Waals surface area contributed by atoms with E-state index in [4.69, 9.17) is 30.0 Å². The molecule has 5 rings (SSSR count). The maximum atomic E-state index is 13.5. The summed E-state index contributed by atoms with van der Waals surface area (Å²) < 4.78 is 70.7. The highest BCUT2D eigenvalue weighted by Crippen LogP contribution is 2.37. The average molecular weight is 763 g/mol. The molecule has 2 heterocycles. The van der Waals surface area contributed by atoms with Gasteiger partial charge in [-0.1, -0.05) is 23.7 Å². The van der Waals surface area contributed by atoms with Gasteiger partial charge in [0.1, 0.15) is 47.6 Å². The van der Waals surface area contributed by atoms with E-state index in [2.05, 4.69) is 15.3 Å². The topological polar surface area (TPSA) is 191 Å². The Kier molecular flexibility index (Phi) is 11.3. The lowest BCUT2D eigenvalue weighted by atomic mass is 10.1. The number of ether oxygens (including phenoxy) is 2. The molecule has 0 aliphatic heterocycles. The summed E-state index contributed by atoms with van der Waals surface area (Å²) >= 11 is 6.48. The molecule has 0 aliphatic rings. The minimum Gasteiger partial charge on any atom is -0.487 e. The van der Waals surface area contributed by atoms with Crippen LogP contribution in [0.2, 0.25) is 5.02 Å². The first-order valence-electron chi connectivity index (χ1n) is 15.0. The number of aliphatic hydroxyl groups is 2. The normalized spacial score (nSPS) is 12.1. The van der Waals surface area contributed by atoms with Gasteiger partial charge < -0.3 is 29.4 Å². The lowest BCUT2D eigenvalue weighted by Crippen LogP contribution is -2.55. The smallest absolute Gasteiger partial charge is 0.416 e. The van der Waals surface area contributed by atoms with E-state index in [1.807, 2.05) is 0 Å². The van der Waals surface area contributed by atoms with Crippen molar-refractivity contribution in [2.75, 3.05) is 37.4 Å². The number of fused-ring (bicyclic) bond motifs is 1. The number of halogens is 2. The molecule has 0 atom stereocenters. The largest absolute Gasteiger partial charge is 0.487 e. The molecule has 0 spiro atoms. The Bertz CT molecular complexity index is 2210. The summed E-state index contributed by atoms with van der Waals surface area (Å²) in [6.07, 6.45) is 0.788. The number of benzene rings is 3. The molecule has 3 N–H and O–H groups in total. The molecular weight excluding hydrogens is 730 g/mol. The Morgan fingerprint density at radius 1 is 1.08 bits per heavy atom. The van der Waals surface area contributed by atoms with E-state index in [9.17, 15) is 32.4 Å². The lowest BCUT2D eigenvalue weighted by molar-refractivity contribution is -0.238. The summed E-state index contributed by atoms with van der Waals surface area (Å²) in [6, 6.07) is 19.4. The zero-order chi connectivity index (χ0) is 37.0. The van der Waals surface area contributed by atoms with Gasteiger partial charge in [-0.3, -0.25) is 9.09 Å². The van der Waals surface area contributed by atoms with Crippen molar-refractivity contribution in [3.05, 3.63) is 101 Å². The molecule has 0 saturated heterocycles. The Morgan fingerprint density at radius 2 is 1.86 bits per heavy atom. The highest BCUT2D eigenvalue weighted by Gasteiger charge is 2.41. The highest BCUT2D eigenvalue weighted by molar-refractivity contribution is 7.90. The summed E-state index contributed by atoms with van der Waals surface area (Å²) in [5, 5.41) is 25.4. The predicted octanol–water partition coefficient (Wildman–Crippen LogP) is 6.14. The van der Waals surface area contributed by atoms with Gasteiger partial charge in [0.25, 0.3) is 5.91 Å². The van der Waals surface area contributed by atoms with Crippen LogP contribution in [-0.4, -0.2) is 77.6 Å². The van der Waals surface area contributed by atoms with Gasteiger partial charge in [-0.15, -0.1) is 0 Å². The quantitative estimate of drug-likeness (QED) is 0.0865. The number of rotatable bonds is 14. The van der Waals surface area contributed by atoms with Gasteiger partial charge in [-0.25, -0.2) is 32.5 Å². The number of nitrogens with one attached hydrogen (secondary N) is 1.